The minimum atomic E-state index is -0.604. The van der Waals surface area contributed by atoms with Crippen molar-refractivity contribution in [2.45, 2.75) is 25.8 Å². The molecular formula is C16H18F2N2O2. The largest absolute Gasteiger partial charge is 0.369 e. The summed E-state index contributed by atoms with van der Waals surface area (Å²) in [6.45, 7) is 2.14. The fraction of sp³-hybridized carbons (Fsp3) is 0.375. The fourth-order valence-corrected chi connectivity index (χ4v) is 2.55. The lowest BCUT2D eigenvalue weighted by Gasteiger charge is -2.36. The smallest absolute Gasteiger partial charge is 0.246 e. The lowest BCUT2D eigenvalue weighted by molar-refractivity contribution is -0.133. The minimum absolute atomic E-state index is 0.00413. The molecule has 0 saturated carbocycles. The van der Waals surface area contributed by atoms with Crippen LogP contribution in [0.25, 0.3) is 6.08 Å². The van der Waals surface area contributed by atoms with Crippen LogP contribution in [0.4, 0.5) is 8.78 Å². The number of rotatable bonds is 3. The molecule has 6 heteroatoms. The first-order valence-electron chi connectivity index (χ1n) is 7.11. The van der Waals surface area contributed by atoms with Gasteiger partial charge in [-0.1, -0.05) is 0 Å². The van der Waals surface area contributed by atoms with Crippen LogP contribution in [0.1, 0.15) is 25.3 Å². The van der Waals surface area contributed by atoms with Crippen molar-refractivity contribution in [1.29, 1.82) is 0 Å². The first-order valence-corrected chi connectivity index (χ1v) is 7.11. The molecule has 2 amide bonds. The highest BCUT2D eigenvalue weighted by Gasteiger charge is 2.30. The number of benzene rings is 1. The molecule has 1 saturated heterocycles. The van der Waals surface area contributed by atoms with Crippen LogP contribution >= 0.6 is 0 Å². The number of hydrogen-bond acceptors (Lipinski definition) is 2. The number of primary amides is 1. The number of amides is 2. The van der Waals surface area contributed by atoms with Crippen LogP contribution in [0, 0.1) is 17.6 Å². The average Bonchev–Trinajstić information content (AvgIpc) is 2.48. The van der Waals surface area contributed by atoms with Gasteiger partial charge in [0.25, 0.3) is 0 Å². The fourth-order valence-electron chi connectivity index (χ4n) is 2.55. The highest BCUT2D eigenvalue weighted by atomic mass is 19.1. The lowest BCUT2D eigenvalue weighted by atomic mass is 9.93. The van der Waals surface area contributed by atoms with Crippen molar-refractivity contribution in [1.82, 2.24) is 4.90 Å². The Hall–Kier alpha value is -2.24. The summed E-state index contributed by atoms with van der Waals surface area (Å²) in [7, 11) is 0. The molecule has 0 unspecified atom stereocenters. The second-order valence-corrected chi connectivity index (χ2v) is 5.52. The summed E-state index contributed by atoms with van der Waals surface area (Å²) in [5.41, 5.74) is 5.29. The van der Waals surface area contributed by atoms with Gasteiger partial charge in [0.05, 0.1) is 5.92 Å². The predicted molar refractivity (Wildman–Crippen MR) is 78.5 cm³/mol. The first kappa shape index (κ1) is 16.1. The van der Waals surface area contributed by atoms with E-state index >= 15 is 0 Å². The van der Waals surface area contributed by atoms with E-state index in [1.165, 1.54) is 17.1 Å². The van der Waals surface area contributed by atoms with E-state index in [-0.39, 0.29) is 30.0 Å². The molecule has 118 valence electrons. The molecule has 1 aromatic carbocycles. The van der Waals surface area contributed by atoms with E-state index in [1.807, 2.05) is 6.92 Å². The highest BCUT2D eigenvalue weighted by Crippen LogP contribution is 2.22. The number of piperidine rings is 1. The normalized spacial score (nSPS) is 22.0. The minimum Gasteiger partial charge on any atom is -0.369 e. The Morgan fingerprint density at radius 1 is 1.32 bits per heavy atom. The maximum absolute atomic E-state index is 13.5. The van der Waals surface area contributed by atoms with Gasteiger partial charge < -0.3 is 10.6 Å². The Bertz CT molecular complexity index is 616. The average molecular weight is 308 g/mol. The highest BCUT2D eigenvalue weighted by molar-refractivity contribution is 5.92. The van der Waals surface area contributed by atoms with Gasteiger partial charge in [-0.25, -0.2) is 8.78 Å². The molecule has 4 nitrogen and oxygen atoms in total. The van der Waals surface area contributed by atoms with Gasteiger partial charge in [-0.2, -0.15) is 0 Å². The maximum atomic E-state index is 13.5. The molecule has 0 radical (unpaired) electrons. The summed E-state index contributed by atoms with van der Waals surface area (Å²) in [6.07, 6.45) is 3.77. The zero-order valence-electron chi connectivity index (χ0n) is 12.3. The van der Waals surface area contributed by atoms with E-state index in [2.05, 4.69) is 0 Å². The molecule has 0 bridgehead atoms. The molecule has 1 aliphatic rings. The maximum Gasteiger partial charge on any atom is 0.246 e. The van der Waals surface area contributed by atoms with E-state index in [1.54, 1.807) is 0 Å². The van der Waals surface area contributed by atoms with Gasteiger partial charge in [0.15, 0.2) is 0 Å². The third-order valence-corrected chi connectivity index (χ3v) is 3.93. The number of carbonyl (C=O) groups is 2. The Balaban J connectivity index is 2.11. The molecule has 2 rings (SSSR count). The van der Waals surface area contributed by atoms with Crippen LogP contribution in [-0.4, -0.2) is 29.3 Å². The van der Waals surface area contributed by atoms with Crippen LogP contribution in [0.5, 0.6) is 0 Å². The summed E-state index contributed by atoms with van der Waals surface area (Å²) in [6, 6.07) is 3.01. The molecule has 0 aliphatic carbocycles. The Morgan fingerprint density at radius 3 is 2.73 bits per heavy atom. The van der Waals surface area contributed by atoms with Gasteiger partial charge in [0, 0.05) is 24.2 Å². The summed E-state index contributed by atoms with van der Waals surface area (Å²) in [5.74, 6) is -2.31. The van der Waals surface area contributed by atoms with Crippen molar-refractivity contribution < 1.29 is 18.4 Å². The standard InChI is InChI=1S/C16H18F2N2O2/c1-10-2-3-12(16(19)22)9-20(10)15(21)7-4-11-8-13(17)5-6-14(11)18/h4-8,10,12H,2-3,9H2,1H3,(H2,19,22)/b7-4-/t10-,12+/m1/s1. The van der Waals surface area contributed by atoms with Gasteiger partial charge >= 0.3 is 0 Å². The van der Waals surface area contributed by atoms with Crippen molar-refractivity contribution >= 4 is 17.9 Å². The molecule has 2 N–H and O–H groups in total. The molecule has 2 atom stereocenters. The van der Waals surface area contributed by atoms with Gasteiger partial charge in [0.2, 0.25) is 11.8 Å². The second-order valence-electron chi connectivity index (χ2n) is 5.52. The molecule has 1 aromatic rings. The zero-order valence-corrected chi connectivity index (χ0v) is 12.3. The molecule has 1 fully saturated rings. The SMILES string of the molecule is C[C@@H]1CC[C@H](C(N)=O)CN1C(=O)/C=C\c1cc(F)ccc1F. The van der Waals surface area contributed by atoms with Crippen LogP contribution < -0.4 is 5.73 Å². The Kier molecular flexibility index (Phi) is 4.90. The third-order valence-electron chi connectivity index (χ3n) is 3.93. The van der Waals surface area contributed by atoms with E-state index in [9.17, 15) is 18.4 Å². The quantitative estimate of drug-likeness (QED) is 0.869. The summed E-state index contributed by atoms with van der Waals surface area (Å²) in [4.78, 5) is 25.0. The van der Waals surface area contributed by atoms with Crippen molar-refractivity contribution in [2.24, 2.45) is 11.7 Å². The van der Waals surface area contributed by atoms with Gasteiger partial charge in [-0.3, -0.25) is 9.59 Å². The predicted octanol–water partition coefficient (Wildman–Crippen LogP) is 2.09. The Morgan fingerprint density at radius 2 is 2.05 bits per heavy atom. The zero-order chi connectivity index (χ0) is 16.3. The van der Waals surface area contributed by atoms with E-state index < -0.39 is 17.5 Å². The summed E-state index contributed by atoms with van der Waals surface area (Å²) in [5, 5.41) is 0. The Labute approximate surface area is 127 Å². The molecule has 0 spiro atoms. The van der Waals surface area contributed by atoms with E-state index in [4.69, 9.17) is 5.73 Å². The van der Waals surface area contributed by atoms with Crippen LogP contribution in [0.3, 0.4) is 0 Å². The molecule has 22 heavy (non-hydrogen) atoms. The van der Waals surface area contributed by atoms with Crippen molar-refractivity contribution in [2.75, 3.05) is 6.54 Å². The van der Waals surface area contributed by atoms with Gasteiger partial charge in [0.1, 0.15) is 11.6 Å². The van der Waals surface area contributed by atoms with Crippen molar-refractivity contribution in [3.05, 3.63) is 41.5 Å². The van der Waals surface area contributed by atoms with E-state index in [0.717, 1.165) is 18.2 Å². The number of carbonyl (C=O) groups excluding carboxylic acids is 2. The number of likely N-dealkylation sites (tertiary alicyclic amines) is 1. The van der Waals surface area contributed by atoms with Crippen LogP contribution in [0.2, 0.25) is 0 Å². The molecular weight excluding hydrogens is 290 g/mol. The van der Waals surface area contributed by atoms with Crippen molar-refractivity contribution in [3.8, 4) is 0 Å². The second kappa shape index (κ2) is 6.68. The topological polar surface area (TPSA) is 63.4 Å². The molecule has 0 aromatic heterocycles. The number of halogens is 2. The number of hydrogen-bond donors (Lipinski definition) is 1. The van der Waals surface area contributed by atoms with Gasteiger partial charge in [-0.05, 0) is 44.0 Å². The summed E-state index contributed by atoms with van der Waals surface area (Å²) < 4.78 is 26.6. The number of nitrogens with two attached hydrogens (primary N) is 1. The van der Waals surface area contributed by atoms with Crippen molar-refractivity contribution in [3.63, 3.8) is 0 Å². The van der Waals surface area contributed by atoms with E-state index in [0.29, 0.717) is 12.8 Å². The lowest BCUT2D eigenvalue weighted by Crippen LogP contribution is -2.48. The molecule has 1 heterocycles. The first-order chi connectivity index (χ1) is 10.4. The molecule has 1 aliphatic heterocycles. The number of nitrogens with zero attached hydrogens (tertiary/aromatic N) is 1. The van der Waals surface area contributed by atoms with Crippen LogP contribution in [-0.2, 0) is 9.59 Å². The monoisotopic (exact) mass is 308 g/mol. The van der Waals surface area contributed by atoms with Crippen LogP contribution in [0.15, 0.2) is 24.3 Å². The van der Waals surface area contributed by atoms with Gasteiger partial charge in [-0.15, -0.1) is 0 Å². The summed E-state index contributed by atoms with van der Waals surface area (Å²) >= 11 is 0. The third kappa shape index (κ3) is 3.69.